The lowest BCUT2D eigenvalue weighted by molar-refractivity contribution is 0.0882. The summed E-state index contributed by atoms with van der Waals surface area (Å²) in [4.78, 5) is 12.0. The second-order valence-corrected chi connectivity index (χ2v) is 4.35. The van der Waals surface area contributed by atoms with Crippen molar-refractivity contribution in [3.05, 3.63) is 23.7 Å². The molecule has 0 radical (unpaired) electrons. The van der Waals surface area contributed by atoms with E-state index in [-0.39, 0.29) is 5.78 Å². The molecule has 0 aromatic carbocycles. The minimum Gasteiger partial charge on any atom is -0.472 e. The number of nitrogens with two attached hydrogens (primary N) is 1. The van der Waals surface area contributed by atoms with Crippen molar-refractivity contribution in [1.29, 1.82) is 0 Å². The molecule has 0 spiro atoms. The normalized spacial score (nSPS) is 20.5. The summed E-state index contributed by atoms with van der Waals surface area (Å²) in [6.45, 7) is 3.68. The van der Waals surface area contributed by atoms with E-state index in [1.54, 1.807) is 6.26 Å². The molecule has 1 aromatic heterocycles. The maximum absolute atomic E-state index is 12.0. The topological polar surface area (TPSA) is 56.2 Å². The van der Waals surface area contributed by atoms with Crippen LogP contribution in [-0.2, 0) is 0 Å². The second-order valence-electron chi connectivity index (χ2n) is 4.35. The van der Waals surface area contributed by atoms with Crippen LogP contribution in [0, 0.1) is 12.8 Å². The predicted octanol–water partition coefficient (Wildman–Crippen LogP) is 1.90. The monoisotopic (exact) mass is 193 g/mol. The van der Waals surface area contributed by atoms with Crippen LogP contribution in [0.3, 0.4) is 0 Å². The molecule has 1 aromatic rings. The third-order valence-corrected chi connectivity index (χ3v) is 3.01. The third-order valence-electron chi connectivity index (χ3n) is 3.01. The van der Waals surface area contributed by atoms with Crippen LogP contribution in [-0.4, -0.2) is 11.3 Å². The third kappa shape index (κ3) is 1.38. The maximum Gasteiger partial charge on any atom is 0.186 e. The van der Waals surface area contributed by atoms with Crippen molar-refractivity contribution in [3.63, 3.8) is 0 Å². The fourth-order valence-electron chi connectivity index (χ4n) is 1.75. The Kier molecular flexibility index (Phi) is 2.00. The average molecular weight is 193 g/mol. The van der Waals surface area contributed by atoms with Gasteiger partial charge in [-0.05, 0) is 38.2 Å². The SMILES string of the molecule is Cc1cocc1C(=O)C(C)(N)C1CC1. The van der Waals surface area contributed by atoms with E-state index in [2.05, 4.69) is 0 Å². The van der Waals surface area contributed by atoms with Crippen molar-refractivity contribution in [2.75, 3.05) is 0 Å². The summed E-state index contributed by atoms with van der Waals surface area (Å²) in [6.07, 6.45) is 5.20. The van der Waals surface area contributed by atoms with Gasteiger partial charge < -0.3 is 10.2 Å². The average Bonchev–Trinajstić information content (AvgIpc) is 2.89. The van der Waals surface area contributed by atoms with Crippen molar-refractivity contribution >= 4 is 5.78 Å². The molecule has 2 rings (SSSR count). The Bertz CT molecular complexity index is 361. The molecule has 76 valence electrons. The summed E-state index contributed by atoms with van der Waals surface area (Å²) in [6, 6.07) is 0. The Morgan fingerprint density at radius 1 is 1.57 bits per heavy atom. The van der Waals surface area contributed by atoms with E-state index in [9.17, 15) is 4.79 Å². The minimum atomic E-state index is -0.714. The highest BCUT2D eigenvalue weighted by molar-refractivity contribution is 6.04. The van der Waals surface area contributed by atoms with Crippen molar-refractivity contribution in [2.45, 2.75) is 32.2 Å². The van der Waals surface area contributed by atoms with Gasteiger partial charge in [0.25, 0.3) is 0 Å². The molecule has 1 aliphatic rings. The first-order valence-electron chi connectivity index (χ1n) is 4.90. The highest BCUT2D eigenvalue weighted by atomic mass is 16.3. The van der Waals surface area contributed by atoms with Gasteiger partial charge in [0, 0.05) is 0 Å². The number of hydrogen-bond donors (Lipinski definition) is 1. The summed E-state index contributed by atoms with van der Waals surface area (Å²) >= 11 is 0. The lowest BCUT2D eigenvalue weighted by Crippen LogP contribution is -2.47. The predicted molar refractivity (Wildman–Crippen MR) is 53.1 cm³/mol. The number of rotatable bonds is 3. The Morgan fingerprint density at radius 3 is 2.64 bits per heavy atom. The Balaban J connectivity index is 2.27. The molecule has 1 heterocycles. The number of hydrogen-bond acceptors (Lipinski definition) is 3. The number of Topliss-reactive ketones (excluding diaryl/α,β-unsaturated/α-hetero) is 1. The van der Waals surface area contributed by atoms with Gasteiger partial charge in [-0.3, -0.25) is 4.79 Å². The Hall–Kier alpha value is -1.09. The second kappa shape index (κ2) is 2.95. The summed E-state index contributed by atoms with van der Waals surface area (Å²) in [5.41, 5.74) is 6.82. The fraction of sp³-hybridized carbons (Fsp3) is 0.545. The van der Waals surface area contributed by atoms with E-state index >= 15 is 0 Å². The van der Waals surface area contributed by atoms with Crippen molar-refractivity contribution in [2.24, 2.45) is 11.7 Å². The van der Waals surface area contributed by atoms with Gasteiger partial charge in [-0.1, -0.05) is 0 Å². The molecule has 14 heavy (non-hydrogen) atoms. The molecule has 0 bridgehead atoms. The molecular formula is C11H15NO2. The van der Waals surface area contributed by atoms with Gasteiger partial charge in [-0.15, -0.1) is 0 Å². The summed E-state index contributed by atoms with van der Waals surface area (Å²) < 4.78 is 4.99. The highest BCUT2D eigenvalue weighted by Crippen LogP contribution is 2.39. The molecule has 1 fully saturated rings. The van der Waals surface area contributed by atoms with Crippen LogP contribution in [0.2, 0.25) is 0 Å². The summed E-state index contributed by atoms with van der Waals surface area (Å²) in [5, 5.41) is 0. The quantitative estimate of drug-likeness (QED) is 0.746. The molecule has 0 aliphatic heterocycles. The molecule has 1 atom stereocenters. The molecule has 3 nitrogen and oxygen atoms in total. The van der Waals surface area contributed by atoms with E-state index in [0.29, 0.717) is 11.5 Å². The highest BCUT2D eigenvalue weighted by Gasteiger charge is 2.44. The van der Waals surface area contributed by atoms with E-state index in [1.165, 1.54) is 6.26 Å². The zero-order valence-electron chi connectivity index (χ0n) is 8.54. The van der Waals surface area contributed by atoms with E-state index in [1.807, 2.05) is 13.8 Å². The molecule has 1 saturated carbocycles. The maximum atomic E-state index is 12.0. The van der Waals surface area contributed by atoms with Crippen LogP contribution in [0.15, 0.2) is 16.9 Å². The Labute approximate surface area is 83.3 Å². The molecule has 3 heteroatoms. The largest absolute Gasteiger partial charge is 0.472 e. The van der Waals surface area contributed by atoms with Gasteiger partial charge in [0.15, 0.2) is 5.78 Å². The molecule has 0 saturated heterocycles. The van der Waals surface area contributed by atoms with Crippen molar-refractivity contribution < 1.29 is 9.21 Å². The van der Waals surface area contributed by atoms with Crippen LogP contribution in [0.4, 0.5) is 0 Å². The summed E-state index contributed by atoms with van der Waals surface area (Å²) in [5.74, 6) is 0.357. The zero-order chi connectivity index (χ0) is 10.3. The van der Waals surface area contributed by atoms with E-state index in [0.717, 1.165) is 18.4 Å². The first kappa shape index (κ1) is 9.46. The number of furan rings is 1. The van der Waals surface area contributed by atoms with E-state index < -0.39 is 5.54 Å². The van der Waals surface area contributed by atoms with Gasteiger partial charge >= 0.3 is 0 Å². The first-order chi connectivity index (χ1) is 6.53. The molecule has 1 aliphatic carbocycles. The van der Waals surface area contributed by atoms with E-state index in [4.69, 9.17) is 10.2 Å². The lowest BCUT2D eigenvalue weighted by atomic mass is 9.87. The molecule has 1 unspecified atom stereocenters. The number of ketones is 1. The Morgan fingerprint density at radius 2 is 2.21 bits per heavy atom. The lowest BCUT2D eigenvalue weighted by Gasteiger charge is -2.22. The van der Waals surface area contributed by atoms with Crippen molar-refractivity contribution in [3.8, 4) is 0 Å². The number of carbonyl (C=O) groups excluding carboxylic acids is 1. The number of aryl methyl sites for hydroxylation is 1. The molecule has 0 amide bonds. The van der Waals surface area contributed by atoms with Crippen LogP contribution in [0.5, 0.6) is 0 Å². The van der Waals surface area contributed by atoms with Gasteiger partial charge in [0.2, 0.25) is 0 Å². The fourth-order valence-corrected chi connectivity index (χ4v) is 1.75. The van der Waals surface area contributed by atoms with Crippen LogP contribution < -0.4 is 5.73 Å². The van der Waals surface area contributed by atoms with Gasteiger partial charge in [-0.25, -0.2) is 0 Å². The van der Waals surface area contributed by atoms with Crippen LogP contribution in [0.1, 0.15) is 35.7 Å². The van der Waals surface area contributed by atoms with Gasteiger partial charge in [0.1, 0.15) is 6.26 Å². The minimum absolute atomic E-state index is 0.00579. The standard InChI is InChI=1S/C11H15NO2/c1-7-5-14-6-9(7)10(13)11(2,12)8-3-4-8/h5-6,8H,3-4,12H2,1-2H3. The van der Waals surface area contributed by atoms with Crippen LogP contribution in [0.25, 0.3) is 0 Å². The number of carbonyl (C=O) groups is 1. The smallest absolute Gasteiger partial charge is 0.186 e. The molecular weight excluding hydrogens is 178 g/mol. The molecule has 2 N–H and O–H groups in total. The first-order valence-corrected chi connectivity index (χ1v) is 4.90. The van der Waals surface area contributed by atoms with Gasteiger partial charge in [0.05, 0.1) is 17.4 Å². The summed E-state index contributed by atoms with van der Waals surface area (Å²) in [7, 11) is 0. The zero-order valence-corrected chi connectivity index (χ0v) is 8.54. The van der Waals surface area contributed by atoms with Crippen molar-refractivity contribution in [1.82, 2.24) is 0 Å². The van der Waals surface area contributed by atoms with Crippen LogP contribution >= 0.6 is 0 Å². The van der Waals surface area contributed by atoms with Gasteiger partial charge in [-0.2, -0.15) is 0 Å².